The topological polar surface area (TPSA) is 84.0 Å². The molecule has 0 unspecified atom stereocenters. The molecule has 3 rings (SSSR count). The van der Waals surface area contributed by atoms with E-state index in [4.69, 9.17) is 4.74 Å². The molecule has 0 aliphatic carbocycles. The summed E-state index contributed by atoms with van der Waals surface area (Å²) in [5, 5.41) is 0. The molecule has 27 heavy (non-hydrogen) atoms. The molecule has 2 heterocycles. The van der Waals surface area contributed by atoms with Crippen molar-refractivity contribution < 1.29 is 27.1 Å². The van der Waals surface area contributed by atoms with Gasteiger partial charge in [-0.2, -0.15) is 0 Å². The van der Waals surface area contributed by atoms with Crippen LogP contribution in [-0.4, -0.2) is 74.0 Å². The van der Waals surface area contributed by atoms with Gasteiger partial charge in [-0.3, -0.25) is 9.59 Å². The van der Waals surface area contributed by atoms with Crippen molar-refractivity contribution in [1.82, 2.24) is 9.80 Å². The molecule has 0 radical (unpaired) electrons. The molecule has 0 aromatic heterocycles. The van der Waals surface area contributed by atoms with Gasteiger partial charge in [0.05, 0.1) is 13.0 Å². The minimum atomic E-state index is -3.63. The number of carbonyl (C=O) groups excluding carboxylic acids is 2. The fraction of sp³-hybridized carbons (Fsp3) is 0.556. The van der Waals surface area contributed by atoms with Crippen molar-refractivity contribution in [2.24, 2.45) is 0 Å². The Labute approximate surface area is 158 Å². The van der Waals surface area contributed by atoms with Gasteiger partial charge >= 0.3 is 0 Å². The lowest BCUT2D eigenvalue weighted by Crippen LogP contribution is -2.57. The first-order chi connectivity index (χ1) is 12.8. The normalized spacial score (nSPS) is 21.0. The van der Waals surface area contributed by atoms with Crippen LogP contribution < -0.4 is 0 Å². The number of likely N-dealkylation sites (tertiary alicyclic amines) is 1. The zero-order chi connectivity index (χ0) is 19.7. The first-order valence-electron chi connectivity index (χ1n) is 8.83. The van der Waals surface area contributed by atoms with Gasteiger partial charge in [-0.25, -0.2) is 12.8 Å². The van der Waals surface area contributed by atoms with Crippen molar-refractivity contribution in [1.29, 1.82) is 0 Å². The van der Waals surface area contributed by atoms with Crippen LogP contribution in [0.1, 0.15) is 18.4 Å². The van der Waals surface area contributed by atoms with Crippen LogP contribution in [0.25, 0.3) is 0 Å². The molecular weight excluding hydrogens is 375 g/mol. The van der Waals surface area contributed by atoms with Crippen molar-refractivity contribution >= 4 is 21.7 Å². The summed E-state index contributed by atoms with van der Waals surface area (Å²) in [4.78, 5) is 26.4. The number of nitrogens with zero attached hydrogens (tertiary/aromatic N) is 2. The third-order valence-electron chi connectivity index (χ3n) is 5.40. The van der Waals surface area contributed by atoms with E-state index < -0.39 is 32.2 Å². The number of benzene rings is 1. The molecular formula is C18H23FN2O5S. The Morgan fingerprint density at radius 3 is 2.56 bits per heavy atom. The first kappa shape index (κ1) is 19.8. The van der Waals surface area contributed by atoms with Gasteiger partial charge in [0.25, 0.3) is 0 Å². The van der Waals surface area contributed by atoms with Gasteiger partial charge in [0.2, 0.25) is 11.8 Å². The zero-order valence-electron chi connectivity index (χ0n) is 15.2. The molecule has 7 nitrogen and oxygen atoms in total. The summed E-state index contributed by atoms with van der Waals surface area (Å²) in [6.45, 7) is 0.878. The summed E-state index contributed by atoms with van der Waals surface area (Å²) in [6, 6.07) is 6.09. The minimum absolute atomic E-state index is 0.0707. The fourth-order valence-corrected chi connectivity index (χ4v) is 5.97. The van der Waals surface area contributed by atoms with Crippen LogP contribution in [0, 0.1) is 5.82 Å². The van der Waals surface area contributed by atoms with E-state index in [1.807, 2.05) is 0 Å². The van der Waals surface area contributed by atoms with Crippen LogP contribution in [0.4, 0.5) is 4.39 Å². The number of hydrogen-bond donors (Lipinski definition) is 0. The Balaban J connectivity index is 1.72. The number of piperidine rings is 1. The second-order valence-electron chi connectivity index (χ2n) is 6.89. The Bertz CT molecular complexity index is 834. The van der Waals surface area contributed by atoms with E-state index in [0.717, 1.165) is 0 Å². The third-order valence-corrected chi connectivity index (χ3v) is 7.81. The van der Waals surface area contributed by atoms with Crippen molar-refractivity contribution in [2.45, 2.75) is 24.1 Å². The lowest BCUT2D eigenvalue weighted by atomic mass is 10.0. The smallest absolute Gasteiger partial charge is 0.239 e. The summed E-state index contributed by atoms with van der Waals surface area (Å²) in [6.07, 6.45) is 0.250. The van der Waals surface area contributed by atoms with Crippen molar-refractivity contribution in [3.63, 3.8) is 0 Å². The molecule has 0 bridgehead atoms. The standard InChI is InChI=1S/C18H23FN2O5S/c1-26-11-10-21-17(23)13-27(24,25)18(21)6-8-20(9-7-18)16(22)12-14-4-2-3-5-15(14)19/h2-5H,6-13H2,1H3. The quantitative estimate of drug-likeness (QED) is 0.725. The lowest BCUT2D eigenvalue weighted by Gasteiger charge is -2.43. The fourth-order valence-electron chi connectivity index (χ4n) is 3.88. The highest BCUT2D eigenvalue weighted by molar-refractivity contribution is 7.93. The summed E-state index contributed by atoms with van der Waals surface area (Å²) >= 11 is 0. The van der Waals surface area contributed by atoms with E-state index in [1.165, 1.54) is 18.1 Å². The van der Waals surface area contributed by atoms with Gasteiger partial charge in [0.1, 0.15) is 16.4 Å². The molecule has 1 aromatic rings. The average Bonchev–Trinajstić information content (AvgIpc) is 2.81. The molecule has 2 saturated heterocycles. The molecule has 1 spiro atoms. The lowest BCUT2D eigenvalue weighted by molar-refractivity contribution is -0.135. The molecule has 9 heteroatoms. The number of methoxy groups -OCH3 is 1. The van der Waals surface area contributed by atoms with Gasteiger partial charge in [-0.1, -0.05) is 18.2 Å². The van der Waals surface area contributed by atoms with E-state index in [0.29, 0.717) is 5.56 Å². The van der Waals surface area contributed by atoms with Crippen LogP contribution >= 0.6 is 0 Å². The molecule has 148 valence electrons. The molecule has 0 N–H and O–H groups in total. The van der Waals surface area contributed by atoms with E-state index in [1.54, 1.807) is 23.1 Å². The number of rotatable bonds is 5. The predicted octanol–water partition coefficient (Wildman–Crippen LogP) is 0.590. The molecule has 2 aliphatic heterocycles. The Hall–Kier alpha value is -2.00. The second-order valence-corrected chi connectivity index (χ2v) is 9.17. The Morgan fingerprint density at radius 1 is 1.26 bits per heavy atom. The average molecular weight is 398 g/mol. The van der Waals surface area contributed by atoms with Gasteiger partial charge < -0.3 is 14.5 Å². The van der Waals surface area contributed by atoms with Crippen LogP contribution in [0.2, 0.25) is 0 Å². The van der Waals surface area contributed by atoms with Crippen LogP contribution in [0.3, 0.4) is 0 Å². The van der Waals surface area contributed by atoms with Crippen LogP contribution in [0.5, 0.6) is 0 Å². The monoisotopic (exact) mass is 398 g/mol. The summed E-state index contributed by atoms with van der Waals surface area (Å²) in [5.74, 6) is -1.60. The van der Waals surface area contributed by atoms with E-state index in [-0.39, 0.29) is 51.4 Å². The van der Waals surface area contributed by atoms with Gasteiger partial charge in [0.15, 0.2) is 9.84 Å². The largest absolute Gasteiger partial charge is 0.383 e. The van der Waals surface area contributed by atoms with Gasteiger partial charge in [0, 0.05) is 39.6 Å². The van der Waals surface area contributed by atoms with Crippen LogP contribution in [-0.2, 0) is 30.6 Å². The number of sulfone groups is 1. The number of halogens is 1. The highest BCUT2D eigenvalue weighted by Gasteiger charge is 2.58. The molecule has 2 aliphatic rings. The molecule has 0 atom stereocenters. The number of carbonyl (C=O) groups is 2. The number of ether oxygens (including phenoxy) is 1. The van der Waals surface area contributed by atoms with E-state index >= 15 is 0 Å². The zero-order valence-corrected chi connectivity index (χ0v) is 16.0. The predicted molar refractivity (Wildman–Crippen MR) is 96.0 cm³/mol. The first-order valence-corrected chi connectivity index (χ1v) is 10.5. The van der Waals surface area contributed by atoms with E-state index in [9.17, 15) is 22.4 Å². The minimum Gasteiger partial charge on any atom is -0.383 e. The maximum Gasteiger partial charge on any atom is 0.239 e. The maximum atomic E-state index is 13.8. The van der Waals surface area contributed by atoms with Gasteiger partial charge in [-0.15, -0.1) is 0 Å². The van der Waals surface area contributed by atoms with Crippen molar-refractivity contribution in [2.75, 3.05) is 39.1 Å². The van der Waals surface area contributed by atoms with Gasteiger partial charge in [-0.05, 0) is 11.6 Å². The summed E-state index contributed by atoms with van der Waals surface area (Å²) < 4.78 is 44.1. The third kappa shape index (κ3) is 3.58. The van der Waals surface area contributed by atoms with E-state index in [2.05, 4.69) is 0 Å². The highest BCUT2D eigenvalue weighted by Crippen LogP contribution is 2.39. The summed E-state index contributed by atoms with van der Waals surface area (Å²) in [7, 11) is -2.14. The highest BCUT2D eigenvalue weighted by atomic mass is 32.2. The Kier molecular flexibility index (Phi) is 5.53. The number of hydrogen-bond acceptors (Lipinski definition) is 5. The molecule has 0 saturated carbocycles. The number of amides is 2. The van der Waals surface area contributed by atoms with Crippen LogP contribution in [0.15, 0.2) is 24.3 Å². The van der Waals surface area contributed by atoms with Crippen molar-refractivity contribution in [3.8, 4) is 0 Å². The van der Waals surface area contributed by atoms with Crippen molar-refractivity contribution in [3.05, 3.63) is 35.6 Å². The summed E-state index contributed by atoms with van der Waals surface area (Å²) in [5.41, 5.74) is 0.313. The second kappa shape index (κ2) is 7.55. The molecule has 2 fully saturated rings. The SMILES string of the molecule is COCCN1C(=O)CS(=O)(=O)C12CCN(C(=O)Cc1ccccc1F)CC2. The molecule has 1 aromatic carbocycles. The molecule has 2 amide bonds. The Morgan fingerprint density at radius 2 is 1.93 bits per heavy atom. The maximum absolute atomic E-state index is 13.8.